The number of ether oxygens (including phenoxy) is 1. The lowest BCUT2D eigenvalue weighted by Gasteiger charge is -2.19. The number of fused-ring (bicyclic) bond motifs is 1. The van der Waals surface area contributed by atoms with Gasteiger partial charge in [0.15, 0.2) is 0 Å². The lowest BCUT2D eigenvalue weighted by atomic mass is 10.1. The summed E-state index contributed by atoms with van der Waals surface area (Å²) in [6.07, 6.45) is 1.55. The van der Waals surface area contributed by atoms with Crippen LogP contribution in [0.2, 0.25) is 0 Å². The Hall–Kier alpha value is -3.93. The SMILES string of the molecule is COc1ccc(-n2cc(C(=O)N(C)c3ccc(F)cc3)c3ccccc3c2=O)cc1. The molecular weight excluding hydrogens is 383 g/mol. The van der Waals surface area contributed by atoms with Crippen molar-refractivity contribution in [2.45, 2.75) is 0 Å². The molecule has 0 atom stereocenters. The van der Waals surface area contributed by atoms with E-state index in [2.05, 4.69) is 0 Å². The first-order chi connectivity index (χ1) is 14.5. The van der Waals surface area contributed by atoms with Crippen LogP contribution in [0.5, 0.6) is 5.75 Å². The zero-order chi connectivity index (χ0) is 21.3. The van der Waals surface area contributed by atoms with Gasteiger partial charge < -0.3 is 9.64 Å². The zero-order valence-electron chi connectivity index (χ0n) is 16.5. The van der Waals surface area contributed by atoms with Crippen molar-refractivity contribution < 1.29 is 13.9 Å². The maximum absolute atomic E-state index is 13.3. The summed E-state index contributed by atoms with van der Waals surface area (Å²) in [6, 6.07) is 19.7. The molecule has 0 saturated heterocycles. The molecule has 0 aliphatic carbocycles. The first-order valence-electron chi connectivity index (χ1n) is 9.32. The standard InChI is InChI=1S/C24H19FN2O3/c1-26(17-9-7-16(25)8-10-17)23(28)22-15-27(18-11-13-19(30-2)14-12-18)24(29)21-6-4-3-5-20(21)22/h3-15H,1-2H3. The lowest BCUT2D eigenvalue weighted by molar-refractivity contribution is 0.0994. The number of aromatic nitrogens is 1. The summed E-state index contributed by atoms with van der Waals surface area (Å²) in [6.45, 7) is 0. The number of pyridine rings is 1. The Bertz CT molecular complexity index is 1280. The predicted molar refractivity (Wildman–Crippen MR) is 115 cm³/mol. The lowest BCUT2D eigenvalue weighted by Crippen LogP contribution is -2.29. The van der Waals surface area contributed by atoms with Crippen LogP contribution in [0.25, 0.3) is 16.5 Å². The molecule has 4 rings (SSSR count). The number of hydrogen-bond acceptors (Lipinski definition) is 3. The molecule has 1 aromatic heterocycles. The third-order valence-corrected chi connectivity index (χ3v) is 5.02. The van der Waals surface area contributed by atoms with Crippen LogP contribution in [0.3, 0.4) is 0 Å². The van der Waals surface area contributed by atoms with E-state index in [0.717, 1.165) is 0 Å². The summed E-state index contributed by atoms with van der Waals surface area (Å²) >= 11 is 0. The highest BCUT2D eigenvalue weighted by Gasteiger charge is 2.19. The highest BCUT2D eigenvalue weighted by Crippen LogP contribution is 2.23. The number of nitrogens with zero attached hydrogens (tertiary/aromatic N) is 2. The monoisotopic (exact) mass is 402 g/mol. The highest BCUT2D eigenvalue weighted by molar-refractivity contribution is 6.13. The van der Waals surface area contributed by atoms with E-state index in [1.54, 1.807) is 68.9 Å². The summed E-state index contributed by atoms with van der Waals surface area (Å²) in [7, 11) is 3.19. The van der Waals surface area contributed by atoms with Crippen molar-refractivity contribution in [2.75, 3.05) is 19.1 Å². The first-order valence-corrected chi connectivity index (χ1v) is 9.32. The summed E-state index contributed by atoms with van der Waals surface area (Å²) in [5.41, 5.74) is 1.31. The van der Waals surface area contributed by atoms with Gasteiger partial charge in [0.1, 0.15) is 11.6 Å². The van der Waals surface area contributed by atoms with Gasteiger partial charge in [-0.1, -0.05) is 18.2 Å². The fourth-order valence-corrected chi connectivity index (χ4v) is 3.36. The van der Waals surface area contributed by atoms with Crippen molar-refractivity contribution >= 4 is 22.4 Å². The maximum Gasteiger partial charge on any atom is 0.262 e. The van der Waals surface area contributed by atoms with E-state index in [1.807, 2.05) is 0 Å². The van der Waals surface area contributed by atoms with Crippen molar-refractivity contribution in [1.29, 1.82) is 0 Å². The molecule has 6 heteroatoms. The van der Waals surface area contributed by atoms with Gasteiger partial charge in [-0.3, -0.25) is 14.2 Å². The van der Waals surface area contributed by atoms with E-state index < -0.39 is 0 Å². The number of halogens is 1. The van der Waals surface area contributed by atoms with Gasteiger partial charge in [-0.05, 0) is 54.6 Å². The number of hydrogen-bond donors (Lipinski definition) is 0. The first kappa shape index (κ1) is 19.4. The molecule has 0 fully saturated rings. The van der Waals surface area contributed by atoms with Crippen LogP contribution in [0, 0.1) is 5.82 Å². The predicted octanol–water partition coefficient (Wildman–Crippen LogP) is 4.42. The van der Waals surface area contributed by atoms with Crippen molar-refractivity contribution in [2.24, 2.45) is 0 Å². The van der Waals surface area contributed by atoms with E-state index in [0.29, 0.717) is 33.5 Å². The van der Waals surface area contributed by atoms with Gasteiger partial charge in [-0.15, -0.1) is 0 Å². The number of amides is 1. The number of methoxy groups -OCH3 is 1. The molecule has 0 aliphatic heterocycles. The topological polar surface area (TPSA) is 51.5 Å². The Morgan fingerprint density at radius 2 is 1.57 bits per heavy atom. The Morgan fingerprint density at radius 3 is 2.20 bits per heavy atom. The van der Waals surface area contributed by atoms with Gasteiger partial charge in [0.25, 0.3) is 11.5 Å². The fourth-order valence-electron chi connectivity index (χ4n) is 3.36. The van der Waals surface area contributed by atoms with Crippen LogP contribution in [0.4, 0.5) is 10.1 Å². The van der Waals surface area contributed by atoms with Crippen LogP contribution in [0.15, 0.2) is 83.8 Å². The van der Waals surface area contributed by atoms with Crippen LogP contribution >= 0.6 is 0 Å². The van der Waals surface area contributed by atoms with Gasteiger partial charge in [0, 0.05) is 35.4 Å². The second-order valence-electron chi connectivity index (χ2n) is 6.80. The van der Waals surface area contributed by atoms with Crippen LogP contribution in [-0.4, -0.2) is 24.6 Å². The molecule has 0 unspecified atom stereocenters. The summed E-state index contributed by atoms with van der Waals surface area (Å²) in [5.74, 6) is -0.0156. The third-order valence-electron chi connectivity index (χ3n) is 5.02. The number of rotatable bonds is 4. The van der Waals surface area contributed by atoms with Crippen molar-refractivity contribution in [3.8, 4) is 11.4 Å². The van der Waals surface area contributed by atoms with Crippen molar-refractivity contribution in [3.05, 3.63) is 101 Å². The highest BCUT2D eigenvalue weighted by atomic mass is 19.1. The van der Waals surface area contributed by atoms with E-state index in [4.69, 9.17) is 4.74 Å². The van der Waals surface area contributed by atoms with Crippen LogP contribution in [-0.2, 0) is 0 Å². The Morgan fingerprint density at radius 1 is 0.933 bits per heavy atom. The molecule has 150 valence electrons. The molecule has 0 aliphatic rings. The average Bonchev–Trinajstić information content (AvgIpc) is 2.79. The minimum Gasteiger partial charge on any atom is -0.497 e. The number of carbonyl (C=O) groups is 1. The fraction of sp³-hybridized carbons (Fsp3) is 0.0833. The molecule has 1 amide bonds. The van der Waals surface area contributed by atoms with Gasteiger partial charge in [0.05, 0.1) is 12.7 Å². The van der Waals surface area contributed by atoms with E-state index >= 15 is 0 Å². The minimum atomic E-state index is -0.377. The van der Waals surface area contributed by atoms with Crippen molar-refractivity contribution in [3.63, 3.8) is 0 Å². The molecular formula is C24H19FN2O3. The van der Waals surface area contributed by atoms with Gasteiger partial charge in [-0.25, -0.2) is 4.39 Å². The van der Waals surface area contributed by atoms with E-state index in [9.17, 15) is 14.0 Å². The van der Waals surface area contributed by atoms with Gasteiger partial charge >= 0.3 is 0 Å². The number of anilines is 1. The summed E-state index contributed by atoms with van der Waals surface area (Å²) < 4.78 is 19.9. The molecule has 0 N–H and O–H groups in total. The number of benzene rings is 3. The molecule has 30 heavy (non-hydrogen) atoms. The molecule has 0 bridgehead atoms. The van der Waals surface area contributed by atoms with Crippen LogP contribution in [0.1, 0.15) is 10.4 Å². The summed E-state index contributed by atoms with van der Waals surface area (Å²) in [5, 5.41) is 0.998. The van der Waals surface area contributed by atoms with Crippen LogP contribution < -0.4 is 15.2 Å². The van der Waals surface area contributed by atoms with Gasteiger partial charge in [-0.2, -0.15) is 0 Å². The minimum absolute atomic E-state index is 0.225. The largest absolute Gasteiger partial charge is 0.497 e. The second kappa shape index (κ2) is 7.83. The van der Waals surface area contributed by atoms with Gasteiger partial charge in [0.2, 0.25) is 0 Å². The Labute approximate surface area is 172 Å². The normalized spacial score (nSPS) is 10.8. The summed E-state index contributed by atoms with van der Waals surface area (Å²) in [4.78, 5) is 27.9. The average molecular weight is 402 g/mol. The molecule has 3 aromatic carbocycles. The zero-order valence-corrected chi connectivity index (χ0v) is 16.5. The van der Waals surface area contributed by atoms with E-state index in [-0.39, 0.29) is 17.3 Å². The Balaban J connectivity index is 1.88. The quantitative estimate of drug-likeness (QED) is 0.508. The molecule has 4 aromatic rings. The molecule has 0 saturated carbocycles. The Kier molecular flexibility index (Phi) is 5.06. The van der Waals surface area contributed by atoms with Crippen molar-refractivity contribution in [1.82, 2.24) is 4.57 Å². The maximum atomic E-state index is 13.3. The second-order valence-corrected chi connectivity index (χ2v) is 6.80. The molecule has 1 heterocycles. The third kappa shape index (κ3) is 3.43. The smallest absolute Gasteiger partial charge is 0.262 e. The molecule has 0 spiro atoms. The number of carbonyl (C=O) groups excluding carboxylic acids is 1. The van der Waals surface area contributed by atoms with E-state index in [1.165, 1.54) is 33.7 Å². The molecule has 5 nitrogen and oxygen atoms in total. The molecule has 0 radical (unpaired) electrons.